The molecule has 0 unspecified atom stereocenters. The lowest BCUT2D eigenvalue weighted by atomic mass is 10.2. The molecule has 0 spiro atoms. The highest BCUT2D eigenvalue weighted by molar-refractivity contribution is 7.15. The van der Waals surface area contributed by atoms with E-state index in [1.807, 2.05) is 4.90 Å². The van der Waals surface area contributed by atoms with Crippen LogP contribution in [0.25, 0.3) is 0 Å². The first-order valence-corrected chi connectivity index (χ1v) is 6.87. The van der Waals surface area contributed by atoms with E-state index in [2.05, 4.69) is 9.72 Å². The predicted molar refractivity (Wildman–Crippen MR) is 82.1 cm³/mol. The van der Waals surface area contributed by atoms with Gasteiger partial charge < -0.3 is 10.5 Å². The third-order valence-corrected chi connectivity index (χ3v) is 3.45. The van der Waals surface area contributed by atoms with E-state index in [1.54, 1.807) is 25.4 Å². The Morgan fingerprint density at radius 1 is 1.27 bits per heavy atom. The minimum Gasteiger partial charge on any atom is -0.405 e. The molecule has 0 saturated heterocycles. The Balaban J connectivity index is 0.00000242. The number of alkyl halides is 3. The van der Waals surface area contributed by atoms with Crippen LogP contribution in [0.2, 0.25) is 0 Å². The number of halogens is 4. The molecule has 0 radical (unpaired) electrons. The molecule has 0 aliphatic rings. The van der Waals surface area contributed by atoms with Crippen molar-refractivity contribution in [3.8, 4) is 5.75 Å². The normalized spacial score (nSPS) is 11.3. The first kappa shape index (κ1) is 18.5. The van der Waals surface area contributed by atoms with Gasteiger partial charge in [0, 0.05) is 29.7 Å². The summed E-state index contributed by atoms with van der Waals surface area (Å²) in [5, 5.41) is 0.471. The number of hydrogen-bond acceptors (Lipinski definition) is 5. The van der Waals surface area contributed by atoms with Gasteiger partial charge in [-0.3, -0.25) is 4.90 Å². The van der Waals surface area contributed by atoms with Crippen molar-refractivity contribution < 1.29 is 17.9 Å². The van der Waals surface area contributed by atoms with Gasteiger partial charge in [-0.25, -0.2) is 4.98 Å². The van der Waals surface area contributed by atoms with E-state index in [9.17, 15) is 13.2 Å². The van der Waals surface area contributed by atoms with Gasteiger partial charge in [-0.05, 0) is 13.1 Å². The molecule has 0 fully saturated rings. The van der Waals surface area contributed by atoms with Gasteiger partial charge in [0.15, 0.2) is 5.13 Å². The maximum absolute atomic E-state index is 12.4. The maximum Gasteiger partial charge on any atom is 0.573 e. The van der Waals surface area contributed by atoms with Gasteiger partial charge >= 0.3 is 6.36 Å². The third kappa shape index (κ3) is 5.70. The molecule has 1 heterocycles. The van der Waals surface area contributed by atoms with Crippen molar-refractivity contribution in [3.63, 3.8) is 0 Å². The van der Waals surface area contributed by atoms with E-state index >= 15 is 0 Å². The summed E-state index contributed by atoms with van der Waals surface area (Å²) in [5.41, 5.74) is 6.01. The molecule has 0 amide bonds. The number of anilines is 1. The predicted octanol–water partition coefficient (Wildman–Crippen LogP) is 3.68. The Morgan fingerprint density at radius 2 is 1.95 bits per heavy atom. The van der Waals surface area contributed by atoms with Crippen LogP contribution in [-0.4, -0.2) is 23.3 Å². The molecule has 0 saturated carbocycles. The second-order valence-electron chi connectivity index (χ2n) is 4.49. The number of rotatable bonds is 5. The molecule has 1 aromatic carbocycles. The number of ether oxygens (including phenoxy) is 1. The Bertz CT molecular complexity index is 606. The molecular weight excluding hydrogens is 339 g/mol. The van der Waals surface area contributed by atoms with E-state index in [4.69, 9.17) is 5.73 Å². The lowest BCUT2D eigenvalue weighted by molar-refractivity contribution is -0.275. The quantitative estimate of drug-likeness (QED) is 0.891. The highest BCUT2D eigenvalue weighted by atomic mass is 35.5. The zero-order chi connectivity index (χ0) is 15.5. The van der Waals surface area contributed by atoms with E-state index in [-0.39, 0.29) is 18.2 Å². The number of aromatic nitrogens is 1. The molecule has 2 rings (SSSR count). The Labute approximate surface area is 136 Å². The lowest BCUT2D eigenvalue weighted by Gasteiger charge is -2.18. The van der Waals surface area contributed by atoms with Crippen molar-refractivity contribution in [1.82, 2.24) is 9.88 Å². The number of thiazole rings is 1. The highest BCUT2D eigenvalue weighted by Gasteiger charge is 2.32. The van der Waals surface area contributed by atoms with Crippen LogP contribution in [-0.2, 0) is 13.1 Å². The van der Waals surface area contributed by atoms with Gasteiger partial charge in [0.2, 0.25) is 0 Å². The van der Waals surface area contributed by atoms with Gasteiger partial charge in [-0.1, -0.05) is 18.2 Å². The van der Waals surface area contributed by atoms with E-state index in [1.165, 1.54) is 23.5 Å². The van der Waals surface area contributed by atoms with E-state index < -0.39 is 6.36 Å². The topological polar surface area (TPSA) is 51.4 Å². The molecule has 0 aliphatic heterocycles. The van der Waals surface area contributed by atoms with Crippen molar-refractivity contribution in [3.05, 3.63) is 40.9 Å². The number of para-hydroxylation sites is 1. The standard InChI is InChI=1S/C13H14F3N3OS.ClH/c1-19(8-10-6-18-12(17)21-10)7-9-4-2-3-5-11(9)20-13(14,15)16;/h2-6H,7-8H2,1H3,(H2,17,18);1H. The summed E-state index contributed by atoms with van der Waals surface area (Å²) in [5.74, 6) is -0.180. The number of nitrogens with two attached hydrogens (primary N) is 1. The number of nitrogens with zero attached hydrogens (tertiary/aromatic N) is 2. The maximum atomic E-state index is 12.4. The molecule has 122 valence electrons. The molecule has 0 atom stereocenters. The second-order valence-corrected chi connectivity index (χ2v) is 5.64. The van der Waals surface area contributed by atoms with Crippen LogP contribution in [0.4, 0.5) is 18.3 Å². The van der Waals surface area contributed by atoms with Crippen molar-refractivity contribution in [1.29, 1.82) is 0 Å². The number of hydrogen-bond donors (Lipinski definition) is 1. The first-order valence-electron chi connectivity index (χ1n) is 6.06. The summed E-state index contributed by atoms with van der Waals surface area (Å²) in [7, 11) is 1.81. The van der Waals surface area contributed by atoms with Crippen LogP contribution in [0.5, 0.6) is 5.75 Å². The van der Waals surface area contributed by atoms with Gasteiger partial charge in [-0.2, -0.15) is 0 Å². The van der Waals surface area contributed by atoms with Crippen molar-refractivity contribution in [2.45, 2.75) is 19.5 Å². The smallest absolute Gasteiger partial charge is 0.405 e. The zero-order valence-corrected chi connectivity index (χ0v) is 13.3. The van der Waals surface area contributed by atoms with Crippen molar-refractivity contribution in [2.24, 2.45) is 0 Å². The molecule has 22 heavy (non-hydrogen) atoms. The monoisotopic (exact) mass is 353 g/mol. The van der Waals surface area contributed by atoms with E-state index in [0.717, 1.165) is 4.88 Å². The summed E-state index contributed by atoms with van der Waals surface area (Å²) < 4.78 is 41.1. The van der Waals surface area contributed by atoms with Crippen LogP contribution in [0.3, 0.4) is 0 Å². The highest BCUT2D eigenvalue weighted by Crippen LogP contribution is 2.27. The Kier molecular flexibility index (Phi) is 6.46. The average Bonchev–Trinajstić information content (AvgIpc) is 2.75. The van der Waals surface area contributed by atoms with Crippen LogP contribution in [0.15, 0.2) is 30.5 Å². The lowest BCUT2D eigenvalue weighted by Crippen LogP contribution is -2.21. The average molecular weight is 354 g/mol. The van der Waals surface area contributed by atoms with Crippen LogP contribution >= 0.6 is 23.7 Å². The SMILES string of the molecule is CN(Cc1cnc(N)s1)Cc1ccccc1OC(F)(F)F.Cl. The largest absolute Gasteiger partial charge is 0.573 e. The van der Waals surface area contributed by atoms with Crippen molar-refractivity contribution >= 4 is 28.9 Å². The third-order valence-electron chi connectivity index (χ3n) is 2.64. The molecular formula is C13H15ClF3N3OS. The molecule has 9 heteroatoms. The van der Waals surface area contributed by atoms with E-state index in [0.29, 0.717) is 23.8 Å². The fraction of sp³-hybridized carbons (Fsp3) is 0.308. The van der Waals surface area contributed by atoms with Crippen molar-refractivity contribution in [2.75, 3.05) is 12.8 Å². The molecule has 4 nitrogen and oxygen atoms in total. The summed E-state index contributed by atoms with van der Waals surface area (Å²) in [6, 6.07) is 6.10. The van der Waals surface area contributed by atoms with Gasteiger partial charge in [0.1, 0.15) is 5.75 Å². The minimum absolute atomic E-state index is 0. The van der Waals surface area contributed by atoms with Gasteiger partial charge in [0.05, 0.1) is 0 Å². The fourth-order valence-corrected chi connectivity index (χ4v) is 2.63. The zero-order valence-electron chi connectivity index (χ0n) is 11.6. The molecule has 0 bridgehead atoms. The summed E-state index contributed by atoms with van der Waals surface area (Å²) in [6.07, 6.45) is -3.03. The summed E-state index contributed by atoms with van der Waals surface area (Å²) in [6.45, 7) is 0.874. The first-order chi connectivity index (χ1) is 9.83. The molecule has 2 aromatic rings. The van der Waals surface area contributed by atoms with Crippen LogP contribution in [0.1, 0.15) is 10.4 Å². The molecule has 2 N–H and O–H groups in total. The van der Waals surface area contributed by atoms with Crippen LogP contribution in [0, 0.1) is 0 Å². The van der Waals surface area contributed by atoms with Gasteiger partial charge in [0.25, 0.3) is 0 Å². The summed E-state index contributed by atoms with van der Waals surface area (Å²) in [4.78, 5) is 6.75. The van der Waals surface area contributed by atoms with Crippen LogP contribution < -0.4 is 10.5 Å². The van der Waals surface area contributed by atoms with Gasteiger partial charge in [-0.15, -0.1) is 36.9 Å². The summed E-state index contributed by atoms with van der Waals surface area (Å²) >= 11 is 1.35. The molecule has 1 aromatic heterocycles. The number of nitrogen functional groups attached to an aromatic ring is 1. The Hall–Kier alpha value is -1.51. The Morgan fingerprint density at radius 3 is 2.55 bits per heavy atom. The minimum atomic E-state index is -4.69. The fourth-order valence-electron chi connectivity index (χ4n) is 1.87. The second kappa shape index (κ2) is 7.66. The molecule has 0 aliphatic carbocycles. The number of benzene rings is 1.